The number of carbonyl (C=O) groups is 3. The van der Waals surface area contributed by atoms with Crippen LogP contribution in [0, 0.1) is 0 Å². The number of ether oxygens (including phenoxy) is 2. The maximum absolute atomic E-state index is 14.3. The van der Waals surface area contributed by atoms with Crippen molar-refractivity contribution < 1.29 is 23.9 Å². The Bertz CT molecular complexity index is 1590. The Labute approximate surface area is 228 Å². The Kier molecular flexibility index (Phi) is 6.64. The first-order valence-electron chi connectivity index (χ1n) is 12.2. The summed E-state index contributed by atoms with van der Waals surface area (Å²) in [5.41, 5.74) is 12.3. The first kappa shape index (κ1) is 26.0. The van der Waals surface area contributed by atoms with Crippen LogP contribution < -0.4 is 31.2 Å². The molecule has 0 bridgehead atoms. The Morgan fingerprint density at radius 3 is 2.51 bits per heavy atom. The number of anilines is 2. The van der Waals surface area contributed by atoms with Gasteiger partial charge in [-0.05, 0) is 50.5 Å². The molecule has 1 aliphatic rings. The van der Waals surface area contributed by atoms with Gasteiger partial charge in [0, 0.05) is 40.0 Å². The van der Waals surface area contributed by atoms with Crippen molar-refractivity contribution in [2.45, 2.75) is 32.4 Å². The van der Waals surface area contributed by atoms with E-state index in [1.54, 1.807) is 24.4 Å². The summed E-state index contributed by atoms with van der Waals surface area (Å²) in [4.78, 5) is 44.7. The minimum atomic E-state index is -1.14. The number of hydrogen-bond donors (Lipinski definition) is 4. The second-order valence-electron chi connectivity index (χ2n) is 10.1. The van der Waals surface area contributed by atoms with Crippen LogP contribution in [-0.2, 0) is 4.79 Å². The van der Waals surface area contributed by atoms with Crippen molar-refractivity contribution in [3.05, 3.63) is 64.8 Å². The SMILES string of the molecule is CC(C)(C)NC(=O)[C@@H](c1c[nH]c2ccccc12)N(C(=O)c1snc(C(N)=O)c1N)c1ccc2c(c1)OCCO2. The molecule has 12 heteroatoms. The zero-order chi connectivity index (χ0) is 27.9. The van der Waals surface area contributed by atoms with Crippen molar-refractivity contribution in [2.75, 3.05) is 23.8 Å². The second kappa shape index (κ2) is 9.95. The maximum Gasteiger partial charge on any atom is 0.273 e. The summed E-state index contributed by atoms with van der Waals surface area (Å²) in [6.07, 6.45) is 1.71. The number of primary amides is 1. The molecule has 11 nitrogen and oxygen atoms in total. The van der Waals surface area contributed by atoms with Crippen LogP contribution in [0.4, 0.5) is 11.4 Å². The van der Waals surface area contributed by atoms with Gasteiger partial charge in [0.15, 0.2) is 17.2 Å². The third kappa shape index (κ3) is 4.98. The summed E-state index contributed by atoms with van der Waals surface area (Å²) >= 11 is 0.745. The number of amides is 3. The van der Waals surface area contributed by atoms with E-state index in [0.717, 1.165) is 22.4 Å². The number of H-pyrrole nitrogens is 1. The number of nitrogens with one attached hydrogen (secondary N) is 2. The fraction of sp³-hybridized carbons (Fsp3) is 0.259. The maximum atomic E-state index is 14.3. The van der Waals surface area contributed by atoms with Gasteiger partial charge in [-0.25, -0.2) is 0 Å². The molecule has 0 radical (unpaired) electrons. The minimum Gasteiger partial charge on any atom is -0.486 e. The van der Waals surface area contributed by atoms with Crippen LogP contribution in [-0.4, -0.2) is 45.8 Å². The van der Waals surface area contributed by atoms with Crippen molar-refractivity contribution in [3.63, 3.8) is 0 Å². The van der Waals surface area contributed by atoms with Gasteiger partial charge in [0.05, 0.1) is 5.69 Å². The fourth-order valence-corrected chi connectivity index (χ4v) is 5.20. The van der Waals surface area contributed by atoms with Crippen molar-refractivity contribution in [3.8, 4) is 11.5 Å². The Morgan fingerprint density at radius 1 is 1.10 bits per heavy atom. The van der Waals surface area contributed by atoms with E-state index in [2.05, 4.69) is 14.7 Å². The molecule has 0 aliphatic carbocycles. The number of nitrogens with zero attached hydrogens (tertiary/aromatic N) is 2. The lowest BCUT2D eigenvalue weighted by Crippen LogP contribution is -2.49. The quantitative estimate of drug-likeness (QED) is 0.287. The summed E-state index contributed by atoms with van der Waals surface area (Å²) in [6, 6.07) is 11.3. The summed E-state index contributed by atoms with van der Waals surface area (Å²) < 4.78 is 15.4. The van der Waals surface area contributed by atoms with Crippen LogP contribution in [0.15, 0.2) is 48.7 Å². The smallest absolute Gasteiger partial charge is 0.273 e. The van der Waals surface area contributed by atoms with E-state index in [-0.39, 0.29) is 16.3 Å². The van der Waals surface area contributed by atoms with E-state index in [1.807, 2.05) is 45.0 Å². The Balaban J connectivity index is 1.74. The van der Waals surface area contributed by atoms with Crippen molar-refractivity contribution in [1.82, 2.24) is 14.7 Å². The third-order valence-corrected chi connectivity index (χ3v) is 6.95. The molecular formula is C27H28N6O5S. The molecular weight excluding hydrogens is 520 g/mol. The number of para-hydroxylation sites is 1. The number of carbonyl (C=O) groups excluding carboxylic acids is 3. The summed E-state index contributed by atoms with van der Waals surface area (Å²) in [6.45, 7) is 6.30. The lowest BCUT2D eigenvalue weighted by atomic mass is 9.99. The molecule has 4 aromatic rings. The molecule has 0 unspecified atom stereocenters. The fourth-order valence-electron chi connectivity index (χ4n) is 4.46. The van der Waals surface area contributed by atoms with Crippen LogP contribution in [0.25, 0.3) is 10.9 Å². The van der Waals surface area contributed by atoms with Gasteiger partial charge < -0.3 is 31.2 Å². The highest BCUT2D eigenvalue weighted by Crippen LogP contribution is 2.40. The largest absolute Gasteiger partial charge is 0.486 e. The molecule has 2 aromatic carbocycles. The molecule has 0 saturated heterocycles. The predicted molar refractivity (Wildman–Crippen MR) is 148 cm³/mol. The average molecular weight is 549 g/mol. The van der Waals surface area contributed by atoms with Crippen LogP contribution in [0.1, 0.15) is 52.5 Å². The number of aromatic nitrogens is 2. The average Bonchev–Trinajstić information content (AvgIpc) is 3.49. The highest BCUT2D eigenvalue weighted by Gasteiger charge is 2.38. The van der Waals surface area contributed by atoms with Gasteiger partial charge in [-0.2, -0.15) is 4.37 Å². The van der Waals surface area contributed by atoms with Crippen LogP contribution in [0.5, 0.6) is 11.5 Å². The van der Waals surface area contributed by atoms with E-state index in [4.69, 9.17) is 20.9 Å². The molecule has 5 rings (SSSR count). The summed E-state index contributed by atoms with van der Waals surface area (Å²) in [5.74, 6) is -0.955. The summed E-state index contributed by atoms with van der Waals surface area (Å²) in [5, 5.41) is 3.77. The van der Waals surface area contributed by atoms with Crippen molar-refractivity contribution in [2.24, 2.45) is 5.73 Å². The first-order chi connectivity index (χ1) is 18.5. The van der Waals surface area contributed by atoms with Gasteiger partial charge in [0.25, 0.3) is 11.8 Å². The second-order valence-corrected chi connectivity index (χ2v) is 10.8. The van der Waals surface area contributed by atoms with Gasteiger partial charge >= 0.3 is 0 Å². The molecule has 6 N–H and O–H groups in total. The molecule has 2 aromatic heterocycles. The topological polar surface area (TPSA) is 166 Å². The van der Waals surface area contributed by atoms with Crippen molar-refractivity contribution >= 4 is 51.5 Å². The van der Waals surface area contributed by atoms with Gasteiger partial charge in [-0.3, -0.25) is 19.3 Å². The third-order valence-electron chi connectivity index (χ3n) is 6.10. The highest BCUT2D eigenvalue weighted by atomic mass is 32.1. The molecule has 0 saturated carbocycles. The van der Waals surface area contributed by atoms with E-state index in [1.165, 1.54) is 4.90 Å². The number of rotatable bonds is 6. The lowest BCUT2D eigenvalue weighted by molar-refractivity contribution is -0.123. The van der Waals surface area contributed by atoms with E-state index < -0.39 is 29.3 Å². The molecule has 39 heavy (non-hydrogen) atoms. The normalized spacial score (nSPS) is 13.6. The molecule has 202 valence electrons. The zero-order valence-electron chi connectivity index (χ0n) is 21.6. The van der Waals surface area contributed by atoms with E-state index in [9.17, 15) is 14.4 Å². The number of nitrogen functional groups attached to an aromatic ring is 1. The van der Waals surface area contributed by atoms with Gasteiger partial charge in [-0.15, -0.1) is 0 Å². The van der Waals surface area contributed by atoms with Crippen molar-refractivity contribution in [1.29, 1.82) is 0 Å². The standard InChI is InChI=1S/C27H28N6O5S/c1-27(2,3)31-25(35)22(16-13-30-17-7-5-4-6-15(16)17)33(14-8-9-18-19(12-14)38-11-10-37-18)26(36)23-20(28)21(24(29)34)32-39-23/h4-9,12-13,22,30H,10-11,28H2,1-3H3,(H2,29,34)(H,31,35)/t22-/m1/s1. The molecule has 1 aliphatic heterocycles. The summed E-state index contributed by atoms with van der Waals surface area (Å²) in [7, 11) is 0. The molecule has 3 heterocycles. The van der Waals surface area contributed by atoms with E-state index in [0.29, 0.717) is 36.0 Å². The van der Waals surface area contributed by atoms with Crippen LogP contribution >= 0.6 is 11.5 Å². The Hall–Kier alpha value is -4.58. The lowest BCUT2D eigenvalue weighted by Gasteiger charge is -2.34. The van der Waals surface area contributed by atoms with Gasteiger partial charge in [-0.1, -0.05) is 18.2 Å². The molecule has 0 spiro atoms. The Morgan fingerprint density at radius 2 is 1.82 bits per heavy atom. The zero-order valence-corrected chi connectivity index (χ0v) is 22.4. The molecule has 0 fully saturated rings. The number of hydrogen-bond acceptors (Lipinski definition) is 8. The number of fused-ring (bicyclic) bond motifs is 2. The number of nitrogens with two attached hydrogens (primary N) is 2. The number of aromatic amines is 1. The molecule has 1 atom stereocenters. The first-order valence-corrected chi connectivity index (χ1v) is 13.0. The monoisotopic (exact) mass is 548 g/mol. The minimum absolute atomic E-state index is 0.0212. The number of benzene rings is 2. The molecule has 3 amide bonds. The van der Waals surface area contributed by atoms with Crippen LogP contribution in [0.2, 0.25) is 0 Å². The van der Waals surface area contributed by atoms with E-state index >= 15 is 0 Å². The van der Waals surface area contributed by atoms with Crippen LogP contribution in [0.3, 0.4) is 0 Å². The van der Waals surface area contributed by atoms with Gasteiger partial charge in [0.2, 0.25) is 5.91 Å². The van der Waals surface area contributed by atoms with Gasteiger partial charge in [0.1, 0.15) is 24.1 Å². The highest BCUT2D eigenvalue weighted by molar-refractivity contribution is 7.09. The predicted octanol–water partition coefficient (Wildman–Crippen LogP) is 3.38.